The van der Waals surface area contributed by atoms with E-state index in [1.165, 1.54) is 0 Å². The minimum atomic E-state index is -4.59. The van der Waals surface area contributed by atoms with E-state index in [-0.39, 0.29) is 6.54 Å². The number of hydrogen-bond donors (Lipinski definition) is 0. The highest BCUT2D eigenvalue weighted by molar-refractivity contribution is 7.99. The summed E-state index contributed by atoms with van der Waals surface area (Å²) in [5.41, 5.74) is 3.30. The first-order valence-electron chi connectivity index (χ1n) is 21.7. The molecule has 1 saturated heterocycles. The molecule has 0 spiro atoms. The van der Waals surface area contributed by atoms with Crippen LogP contribution in [0.2, 0.25) is 5.02 Å². The Hall–Kier alpha value is -1.79. The molecular weight excluding hydrogens is 512 g/mol. The molecule has 4 nitrogen and oxygen atoms in total. The molecule has 0 radical (unpaired) electrons. The van der Waals surface area contributed by atoms with Crippen molar-refractivity contribution in [3.63, 3.8) is 0 Å². The molecule has 0 atom stereocenters. The lowest BCUT2D eigenvalue weighted by Crippen LogP contribution is -2.47. The van der Waals surface area contributed by atoms with Gasteiger partial charge in [0.25, 0.3) is 0 Å². The molecule has 0 aromatic heterocycles. The van der Waals surface area contributed by atoms with Crippen LogP contribution < -0.4 is 0 Å². The van der Waals surface area contributed by atoms with Crippen molar-refractivity contribution in [2.24, 2.45) is 0 Å². The Bertz CT molecular complexity index is 1830. The normalized spacial score (nSPS) is 27.6. The zero-order valence-electron chi connectivity index (χ0n) is 39.8. The predicted molar refractivity (Wildman–Crippen MR) is 160 cm³/mol. The van der Waals surface area contributed by atoms with Crippen molar-refractivity contribution in [2.75, 3.05) is 45.9 Å². The Balaban J connectivity index is 1.36. The van der Waals surface area contributed by atoms with Gasteiger partial charge in [-0.1, -0.05) is 92.7 Å². The number of carbonyl (C=O) groups excluding carboxylic acids is 1. The molecule has 2 aliphatic rings. The Morgan fingerprint density at radius 3 is 2.50 bits per heavy atom. The van der Waals surface area contributed by atoms with Crippen molar-refractivity contribution < 1.29 is 35.6 Å². The van der Waals surface area contributed by atoms with Gasteiger partial charge in [0, 0.05) is 86.5 Å². The molecule has 2 heterocycles. The third-order valence-corrected chi connectivity index (χ3v) is 7.45. The van der Waals surface area contributed by atoms with Gasteiger partial charge in [0.05, 0.1) is 0 Å². The molecule has 4 rings (SSSR count). The van der Waals surface area contributed by atoms with Crippen LogP contribution in [0, 0.1) is 0 Å². The number of nitrogens with zero attached hydrogens (tertiary/aromatic N) is 2. The first-order valence-corrected chi connectivity index (χ1v) is 13.4. The van der Waals surface area contributed by atoms with Crippen molar-refractivity contribution in [3.05, 3.63) is 64.7 Å². The van der Waals surface area contributed by atoms with Crippen LogP contribution in [0.25, 0.3) is 5.57 Å². The maximum absolute atomic E-state index is 12.9. The van der Waals surface area contributed by atoms with Crippen molar-refractivity contribution in [1.82, 2.24) is 9.80 Å². The summed E-state index contributed by atoms with van der Waals surface area (Å²) < 4.78 is 156. The van der Waals surface area contributed by atoms with E-state index < -0.39 is 70.4 Å². The number of esters is 1. The van der Waals surface area contributed by atoms with Crippen LogP contribution in [-0.4, -0.2) is 61.6 Å². The van der Waals surface area contributed by atoms with Crippen LogP contribution >= 0.6 is 23.4 Å². The van der Waals surface area contributed by atoms with Crippen LogP contribution in [0.15, 0.2) is 58.3 Å². The number of fused-ring (bicyclic) bond motifs is 2. The molecule has 2 aliphatic heterocycles. The molecule has 0 aliphatic carbocycles. The van der Waals surface area contributed by atoms with Gasteiger partial charge in [-0.25, -0.2) is 0 Å². The van der Waals surface area contributed by atoms with Gasteiger partial charge in [-0.2, -0.15) is 0 Å². The number of carbonyl (C=O) groups is 1. The standard InChI is InChI=1S/C32H43ClN2O2S/c1-2-3-4-5-6-7-8-15-32(36)37-24-23-35-21-19-34(20-22-35)18-11-13-27-28-12-9-10-14-30(28)38-31-17-16-26(33)25-29(27)31/h9-10,12-14,16-17,25H,2-8,11,15,18-24H2,1H3/b27-13-/i1D3,2D2,3D2,4D2,5D2,6D2,7D2,8D2,15D2. The molecule has 6 heteroatoms. The molecule has 206 valence electrons. The number of hydrogen-bond acceptors (Lipinski definition) is 5. The van der Waals surface area contributed by atoms with Gasteiger partial charge < -0.3 is 9.64 Å². The van der Waals surface area contributed by atoms with E-state index in [1.807, 2.05) is 35.2 Å². The number of halogens is 1. The monoisotopic (exact) mass is 573 g/mol. The minimum Gasteiger partial charge on any atom is -0.464 e. The summed E-state index contributed by atoms with van der Waals surface area (Å²) in [4.78, 5) is 19.4. The molecule has 1 fully saturated rings. The zero-order valence-corrected chi connectivity index (χ0v) is 22.3. The van der Waals surface area contributed by atoms with E-state index in [9.17, 15) is 4.79 Å². The lowest BCUT2D eigenvalue weighted by atomic mass is 9.96. The fourth-order valence-corrected chi connectivity index (χ4v) is 5.49. The second-order valence-electron chi connectivity index (χ2n) is 8.46. The van der Waals surface area contributed by atoms with Gasteiger partial charge in [0.15, 0.2) is 0 Å². The Morgan fingerprint density at radius 2 is 1.68 bits per heavy atom. The second kappa shape index (κ2) is 15.7. The van der Waals surface area contributed by atoms with Gasteiger partial charge >= 0.3 is 5.97 Å². The van der Waals surface area contributed by atoms with Gasteiger partial charge in [0.2, 0.25) is 0 Å². The highest BCUT2D eigenvalue weighted by Gasteiger charge is 2.21. The van der Waals surface area contributed by atoms with Crippen LogP contribution in [0.4, 0.5) is 0 Å². The highest BCUT2D eigenvalue weighted by Crippen LogP contribution is 2.46. The topological polar surface area (TPSA) is 32.8 Å². The smallest absolute Gasteiger partial charge is 0.305 e. The number of benzene rings is 2. The average Bonchev–Trinajstić information content (AvgIpc) is 3.11. The van der Waals surface area contributed by atoms with Crippen LogP contribution in [0.3, 0.4) is 0 Å². The van der Waals surface area contributed by atoms with E-state index in [1.54, 1.807) is 11.8 Å². The lowest BCUT2D eigenvalue weighted by Gasteiger charge is -2.34. The lowest BCUT2D eigenvalue weighted by molar-refractivity contribution is -0.144. The average molecular weight is 574 g/mol. The SMILES string of the molecule is [2H]C([2H])([2H])C([2H])([2H])C([2H])([2H])C([2H])([2H])C([2H])([2H])C([2H])([2H])C([2H])([2H])C([2H])([2H])C([2H])([2H])C(=O)OCCN1CCN(CC/C=C2/c3ccccc3Sc3ccc(Cl)cc32)CC1. The summed E-state index contributed by atoms with van der Waals surface area (Å²) in [6.45, 7) is -1.22. The summed E-state index contributed by atoms with van der Waals surface area (Å²) in [5, 5.41) is 0.645. The predicted octanol–water partition coefficient (Wildman–Crippen LogP) is 7.93. The van der Waals surface area contributed by atoms with E-state index in [0.717, 1.165) is 39.5 Å². The Kier molecular flexibility index (Phi) is 5.48. The van der Waals surface area contributed by atoms with Crippen LogP contribution in [0.5, 0.6) is 0 Å². The second-order valence-corrected chi connectivity index (χ2v) is 9.98. The molecule has 0 amide bonds. The van der Waals surface area contributed by atoms with E-state index in [4.69, 9.17) is 42.4 Å². The fourth-order valence-electron chi connectivity index (χ4n) is 4.23. The number of ether oxygens (including phenoxy) is 1. The summed E-state index contributed by atoms with van der Waals surface area (Å²) in [6, 6.07) is 14.0. The third-order valence-electron chi connectivity index (χ3n) is 6.07. The van der Waals surface area contributed by atoms with Crippen molar-refractivity contribution in [2.45, 2.75) is 74.0 Å². The van der Waals surface area contributed by atoms with Crippen molar-refractivity contribution in [1.29, 1.82) is 0 Å². The van der Waals surface area contributed by atoms with Crippen molar-refractivity contribution in [3.8, 4) is 0 Å². The molecule has 2 aromatic rings. The molecule has 0 unspecified atom stereocenters. The van der Waals surface area contributed by atoms with Gasteiger partial charge in [0.1, 0.15) is 6.61 Å². The maximum atomic E-state index is 12.9. The quantitative estimate of drug-likeness (QED) is 0.183. The first kappa shape index (κ1) is 13.2. The largest absolute Gasteiger partial charge is 0.464 e. The fraction of sp³-hybridized carbons (Fsp3) is 0.531. The zero-order chi connectivity index (χ0) is 43.4. The molecule has 2 aromatic carbocycles. The maximum Gasteiger partial charge on any atom is 0.305 e. The third kappa shape index (κ3) is 8.87. The summed E-state index contributed by atoms with van der Waals surface area (Å²) in [7, 11) is 0. The van der Waals surface area contributed by atoms with Crippen LogP contribution in [-0.2, 0) is 9.53 Å². The van der Waals surface area contributed by atoms with Gasteiger partial charge in [-0.15, -0.1) is 0 Å². The molecular formula is C32H43ClN2O2S. The molecule has 38 heavy (non-hydrogen) atoms. The van der Waals surface area contributed by atoms with Gasteiger partial charge in [-0.3, -0.25) is 9.69 Å². The Labute approximate surface area is 265 Å². The van der Waals surface area contributed by atoms with Crippen LogP contribution in [0.1, 0.15) is 101 Å². The summed E-state index contributed by atoms with van der Waals surface area (Å²) in [5.74, 6) is -1.97. The first-order chi connectivity index (χ1) is 25.8. The Morgan fingerprint density at radius 1 is 0.974 bits per heavy atom. The van der Waals surface area contributed by atoms with E-state index in [0.29, 0.717) is 31.2 Å². The molecule has 0 N–H and O–H groups in total. The highest BCUT2D eigenvalue weighted by atomic mass is 35.5. The van der Waals surface area contributed by atoms with Gasteiger partial charge in [-0.05, 0) is 53.8 Å². The molecule has 0 saturated carbocycles. The number of piperazine rings is 1. The van der Waals surface area contributed by atoms with E-state index >= 15 is 0 Å². The molecule has 0 bridgehead atoms. The number of rotatable bonds is 14. The summed E-state index contributed by atoms with van der Waals surface area (Å²) in [6.07, 6.45) is -32.2. The van der Waals surface area contributed by atoms with Crippen molar-refractivity contribution >= 4 is 34.9 Å². The van der Waals surface area contributed by atoms with E-state index in [2.05, 4.69) is 23.1 Å². The minimum absolute atomic E-state index is 0.0752. The summed E-state index contributed by atoms with van der Waals surface area (Å²) >= 11 is 8.03.